The van der Waals surface area contributed by atoms with E-state index in [1.165, 1.54) is 5.56 Å². The maximum Gasteiger partial charge on any atom is 0.141 e. The van der Waals surface area contributed by atoms with Gasteiger partial charge in [0.05, 0.1) is 4.47 Å². The molecule has 0 aromatic heterocycles. The highest BCUT2D eigenvalue weighted by molar-refractivity contribution is 9.10. The van der Waals surface area contributed by atoms with Crippen molar-refractivity contribution in [3.05, 3.63) is 58.6 Å². The van der Waals surface area contributed by atoms with E-state index in [4.69, 9.17) is 4.74 Å². The van der Waals surface area contributed by atoms with Crippen LogP contribution in [0, 0.1) is 5.92 Å². The Balaban J connectivity index is 1.93. The third kappa shape index (κ3) is 4.66. The van der Waals surface area contributed by atoms with Crippen LogP contribution in [-0.4, -0.2) is 6.54 Å². The van der Waals surface area contributed by atoms with Crippen LogP contribution >= 0.6 is 15.9 Å². The number of benzene rings is 2. The molecular weight excluding hydrogens is 314 g/mol. The van der Waals surface area contributed by atoms with Crippen LogP contribution in [0.3, 0.4) is 0 Å². The van der Waals surface area contributed by atoms with Crippen molar-refractivity contribution < 1.29 is 4.74 Å². The molecule has 0 saturated heterocycles. The van der Waals surface area contributed by atoms with Crippen molar-refractivity contribution in [2.75, 3.05) is 6.54 Å². The van der Waals surface area contributed by atoms with Gasteiger partial charge in [-0.05, 0) is 58.2 Å². The summed E-state index contributed by atoms with van der Waals surface area (Å²) in [6.07, 6.45) is 0. The lowest BCUT2D eigenvalue weighted by molar-refractivity contribution is 0.479. The molecule has 1 N–H and O–H groups in total. The first-order valence-electron chi connectivity index (χ1n) is 6.87. The molecule has 0 atom stereocenters. The Bertz CT molecular complexity index is 537. The zero-order chi connectivity index (χ0) is 14.4. The smallest absolute Gasteiger partial charge is 0.141 e. The summed E-state index contributed by atoms with van der Waals surface area (Å²) in [5.74, 6) is 2.36. The molecular formula is C17H20BrNO. The Kier molecular flexibility index (Phi) is 5.62. The second-order valence-electron chi connectivity index (χ2n) is 5.20. The first-order valence-corrected chi connectivity index (χ1v) is 7.66. The summed E-state index contributed by atoms with van der Waals surface area (Å²) in [6.45, 7) is 6.35. The summed E-state index contributed by atoms with van der Waals surface area (Å²) in [5, 5.41) is 3.43. The molecule has 0 unspecified atom stereocenters. The van der Waals surface area contributed by atoms with Gasteiger partial charge in [0.15, 0.2) is 0 Å². The molecule has 0 fully saturated rings. The number of nitrogens with one attached hydrogen (secondary N) is 1. The van der Waals surface area contributed by atoms with Gasteiger partial charge in [-0.15, -0.1) is 0 Å². The minimum absolute atomic E-state index is 0.674. The molecule has 2 aromatic rings. The number of para-hydroxylation sites is 1. The van der Waals surface area contributed by atoms with Gasteiger partial charge in [-0.25, -0.2) is 0 Å². The fourth-order valence-corrected chi connectivity index (χ4v) is 2.20. The minimum Gasteiger partial charge on any atom is -0.456 e. The highest BCUT2D eigenvalue weighted by Crippen LogP contribution is 2.29. The van der Waals surface area contributed by atoms with E-state index in [-0.39, 0.29) is 0 Å². The van der Waals surface area contributed by atoms with Crippen molar-refractivity contribution in [2.45, 2.75) is 20.4 Å². The van der Waals surface area contributed by atoms with E-state index in [9.17, 15) is 0 Å². The number of hydrogen-bond acceptors (Lipinski definition) is 2. The van der Waals surface area contributed by atoms with E-state index >= 15 is 0 Å². The van der Waals surface area contributed by atoms with Crippen LogP contribution in [0.15, 0.2) is 53.0 Å². The van der Waals surface area contributed by atoms with Crippen molar-refractivity contribution in [3.63, 3.8) is 0 Å². The van der Waals surface area contributed by atoms with E-state index < -0.39 is 0 Å². The summed E-state index contributed by atoms with van der Waals surface area (Å²) in [6, 6.07) is 16.1. The highest BCUT2D eigenvalue weighted by atomic mass is 79.9. The number of rotatable bonds is 6. The van der Waals surface area contributed by atoms with Crippen LogP contribution in [-0.2, 0) is 6.54 Å². The average molecular weight is 334 g/mol. The van der Waals surface area contributed by atoms with E-state index in [0.717, 1.165) is 29.1 Å². The summed E-state index contributed by atoms with van der Waals surface area (Å²) in [5.41, 5.74) is 1.27. The van der Waals surface area contributed by atoms with Gasteiger partial charge in [0.25, 0.3) is 0 Å². The topological polar surface area (TPSA) is 21.3 Å². The zero-order valence-corrected chi connectivity index (χ0v) is 13.5. The molecule has 0 heterocycles. The Morgan fingerprint density at radius 2 is 1.75 bits per heavy atom. The van der Waals surface area contributed by atoms with Crippen LogP contribution < -0.4 is 10.1 Å². The summed E-state index contributed by atoms with van der Waals surface area (Å²) in [7, 11) is 0. The summed E-state index contributed by atoms with van der Waals surface area (Å²) in [4.78, 5) is 0. The van der Waals surface area contributed by atoms with Crippen molar-refractivity contribution in [2.24, 2.45) is 5.92 Å². The lowest BCUT2D eigenvalue weighted by Gasteiger charge is -2.10. The highest BCUT2D eigenvalue weighted by Gasteiger charge is 2.02. The molecule has 2 rings (SSSR count). The largest absolute Gasteiger partial charge is 0.456 e. The van der Waals surface area contributed by atoms with Crippen LogP contribution in [0.5, 0.6) is 11.5 Å². The molecule has 106 valence electrons. The van der Waals surface area contributed by atoms with Gasteiger partial charge in [0, 0.05) is 6.54 Å². The third-order valence-electron chi connectivity index (χ3n) is 2.87. The fourth-order valence-electron chi connectivity index (χ4n) is 1.83. The molecule has 0 spiro atoms. The van der Waals surface area contributed by atoms with E-state index in [1.54, 1.807) is 0 Å². The average Bonchev–Trinajstić information content (AvgIpc) is 2.43. The van der Waals surface area contributed by atoms with Gasteiger partial charge in [0.2, 0.25) is 0 Å². The normalized spacial score (nSPS) is 10.8. The van der Waals surface area contributed by atoms with Crippen LogP contribution in [0.4, 0.5) is 0 Å². The van der Waals surface area contributed by atoms with E-state index in [0.29, 0.717) is 5.92 Å². The molecule has 0 aliphatic heterocycles. The molecule has 0 radical (unpaired) electrons. The van der Waals surface area contributed by atoms with E-state index in [2.05, 4.69) is 47.2 Å². The Morgan fingerprint density at radius 3 is 2.40 bits per heavy atom. The number of ether oxygens (including phenoxy) is 1. The van der Waals surface area contributed by atoms with Gasteiger partial charge in [-0.1, -0.05) is 38.1 Å². The summed E-state index contributed by atoms with van der Waals surface area (Å²) < 4.78 is 6.80. The Morgan fingerprint density at radius 1 is 1.05 bits per heavy atom. The molecule has 3 heteroatoms. The molecule has 0 aliphatic rings. The predicted molar refractivity (Wildman–Crippen MR) is 87.2 cm³/mol. The first-order chi connectivity index (χ1) is 9.65. The standard InChI is InChI=1S/C17H20BrNO/c1-13(2)11-19-12-14-7-9-15(10-8-14)20-17-6-4-3-5-16(17)18/h3-10,13,19H,11-12H2,1-2H3. The maximum absolute atomic E-state index is 5.84. The van der Waals surface area contributed by atoms with Gasteiger partial charge < -0.3 is 10.1 Å². The maximum atomic E-state index is 5.84. The lowest BCUT2D eigenvalue weighted by Crippen LogP contribution is -2.18. The second-order valence-corrected chi connectivity index (χ2v) is 6.06. The van der Waals surface area contributed by atoms with Gasteiger partial charge in [-0.3, -0.25) is 0 Å². The van der Waals surface area contributed by atoms with Crippen LogP contribution in [0.1, 0.15) is 19.4 Å². The molecule has 0 bridgehead atoms. The lowest BCUT2D eigenvalue weighted by atomic mass is 10.2. The van der Waals surface area contributed by atoms with Gasteiger partial charge >= 0.3 is 0 Å². The monoisotopic (exact) mass is 333 g/mol. The predicted octanol–water partition coefficient (Wildman–Crippen LogP) is 4.99. The SMILES string of the molecule is CC(C)CNCc1ccc(Oc2ccccc2Br)cc1. The second kappa shape index (κ2) is 7.46. The zero-order valence-electron chi connectivity index (χ0n) is 11.9. The van der Waals surface area contributed by atoms with Crippen molar-refractivity contribution in [1.29, 1.82) is 0 Å². The number of hydrogen-bond donors (Lipinski definition) is 1. The van der Waals surface area contributed by atoms with Crippen molar-refractivity contribution in [3.8, 4) is 11.5 Å². The molecule has 0 amide bonds. The molecule has 2 nitrogen and oxygen atoms in total. The quantitative estimate of drug-likeness (QED) is 0.804. The molecule has 20 heavy (non-hydrogen) atoms. The van der Waals surface area contributed by atoms with Crippen LogP contribution in [0.25, 0.3) is 0 Å². The Labute approximate surface area is 129 Å². The fraction of sp³-hybridized carbons (Fsp3) is 0.294. The van der Waals surface area contributed by atoms with Gasteiger partial charge in [0.1, 0.15) is 11.5 Å². The van der Waals surface area contributed by atoms with Crippen molar-refractivity contribution in [1.82, 2.24) is 5.32 Å². The van der Waals surface area contributed by atoms with Crippen LogP contribution in [0.2, 0.25) is 0 Å². The minimum atomic E-state index is 0.674. The summed E-state index contributed by atoms with van der Waals surface area (Å²) >= 11 is 3.48. The Hall–Kier alpha value is -1.32. The van der Waals surface area contributed by atoms with Crippen molar-refractivity contribution >= 4 is 15.9 Å². The van der Waals surface area contributed by atoms with E-state index in [1.807, 2.05) is 36.4 Å². The molecule has 0 aliphatic carbocycles. The third-order valence-corrected chi connectivity index (χ3v) is 3.52. The first kappa shape index (κ1) is 15.1. The van der Waals surface area contributed by atoms with Gasteiger partial charge in [-0.2, -0.15) is 0 Å². The molecule has 2 aromatic carbocycles. The number of halogens is 1. The molecule has 0 saturated carbocycles.